The highest BCUT2D eigenvalue weighted by Crippen LogP contribution is 2.32. The second-order valence-electron chi connectivity index (χ2n) is 6.94. The van der Waals surface area contributed by atoms with Crippen molar-refractivity contribution in [2.75, 3.05) is 6.54 Å². The summed E-state index contributed by atoms with van der Waals surface area (Å²) in [7, 11) is 0. The van der Waals surface area contributed by atoms with E-state index in [4.69, 9.17) is 10.5 Å². The second kappa shape index (κ2) is 10.6. The monoisotopic (exact) mass is 338 g/mol. The van der Waals surface area contributed by atoms with Crippen LogP contribution in [0, 0.1) is 39.9 Å². The third-order valence-corrected chi connectivity index (χ3v) is 5.40. The van der Waals surface area contributed by atoms with Crippen LogP contribution >= 0.6 is 0 Å². The maximum Gasteiger partial charge on any atom is 0.133 e. The molecule has 0 aromatic heterocycles. The van der Waals surface area contributed by atoms with E-state index in [1.165, 1.54) is 32.1 Å². The zero-order chi connectivity index (χ0) is 18.8. The van der Waals surface area contributed by atoms with Gasteiger partial charge in [-0.05, 0) is 44.6 Å². The molecule has 0 bridgehead atoms. The lowest BCUT2D eigenvalue weighted by molar-refractivity contribution is 0.255. The first-order chi connectivity index (χ1) is 12.0. The molecule has 134 valence electrons. The Kier molecular flexibility index (Phi) is 8.80. The second-order valence-corrected chi connectivity index (χ2v) is 6.94. The molecule has 1 saturated heterocycles. The highest BCUT2D eigenvalue weighted by atomic mass is 15.2. The van der Waals surface area contributed by atoms with Gasteiger partial charge in [-0.3, -0.25) is 0 Å². The van der Waals surface area contributed by atoms with Gasteiger partial charge in [0.15, 0.2) is 0 Å². The lowest BCUT2D eigenvalue weighted by Crippen LogP contribution is -2.30. The minimum absolute atomic E-state index is 0.0287. The topological polar surface area (TPSA) is 74.6 Å². The molecule has 2 atom stereocenters. The number of hydrogen-bond acceptors (Lipinski definition) is 4. The fourth-order valence-corrected chi connectivity index (χ4v) is 3.79. The molecule has 0 amide bonds. The van der Waals surface area contributed by atoms with Crippen LogP contribution in [0.4, 0.5) is 0 Å². The third-order valence-electron chi connectivity index (χ3n) is 5.40. The van der Waals surface area contributed by atoms with Crippen LogP contribution in [0.1, 0.15) is 72.6 Å². The first-order valence-corrected chi connectivity index (χ1v) is 9.42. The zero-order valence-corrected chi connectivity index (χ0v) is 16.1. The number of rotatable bonds is 8. The molecule has 1 aliphatic rings. The summed E-state index contributed by atoms with van der Waals surface area (Å²) in [5.41, 5.74) is 1.91. The van der Waals surface area contributed by atoms with Crippen LogP contribution in [0.3, 0.4) is 0 Å². The van der Waals surface area contributed by atoms with E-state index in [-0.39, 0.29) is 5.57 Å². The van der Waals surface area contributed by atoms with Gasteiger partial charge in [0.25, 0.3) is 0 Å². The molecule has 1 aliphatic heterocycles. The third kappa shape index (κ3) is 5.37. The Morgan fingerprint density at radius 3 is 2.32 bits per heavy atom. The van der Waals surface area contributed by atoms with Gasteiger partial charge in [-0.25, -0.2) is 0 Å². The Labute approximate surface area is 153 Å². The SMILES string of the molecule is CCCCC(CC)CC1CCCN1/C(C)=C(\C#N)C(C)=C(C#N)C#N. The number of nitrogens with zero attached hydrogens (tertiary/aromatic N) is 4. The summed E-state index contributed by atoms with van der Waals surface area (Å²) in [6.45, 7) is 9.11. The maximum absolute atomic E-state index is 9.61. The Morgan fingerprint density at radius 2 is 1.80 bits per heavy atom. The standard InChI is InChI=1S/C21H30N4/c1-5-7-9-18(6-2)12-20-10-8-11-25(20)17(4)21(15-24)16(3)19(13-22)14-23/h18,20H,5-12H2,1-4H3/b21-17+. The van der Waals surface area contributed by atoms with Crippen molar-refractivity contribution in [1.29, 1.82) is 15.8 Å². The molecular formula is C21H30N4. The molecule has 1 fully saturated rings. The van der Waals surface area contributed by atoms with Crippen LogP contribution in [-0.4, -0.2) is 17.5 Å². The summed E-state index contributed by atoms with van der Waals surface area (Å²) >= 11 is 0. The number of allylic oxidation sites excluding steroid dienone is 4. The molecule has 1 heterocycles. The predicted octanol–water partition coefficient (Wildman–Crippen LogP) is 5.22. The summed E-state index contributed by atoms with van der Waals surface area (Å²) in [6.07, 6.45) is 8.44. The predicted molar refractivity (Wildman–Crippen MR) is 99.9 cm³/mol. The summed E-state index contributed by atoms with van der Waals surface area (Å²) in [5, 5.41) is 27.8. The van der Waals surface area contributed by atoms with Gasteiger partial charge in [0, 0.05) is 18.3 Å². The van der Waals surface area contributed by atoms with Gasteiger partial charge in [0.2, 0.25) is 0 Å². The highest BCUT2D eigenvalue weighted by molar-refractivity contribution is 5.54. The quantitative estimate of drug-likeness (QED) is 0.449. The lowest BCUT2D eigenvalue weighted by Gasteiger charge is -2.31. The van der Waals surface area contributed by atoms with Crippen molar-refractivity contribution in [1.82, 2.24) is 4.90 Å². The Morgan fingerprint density at radius 1 is 1.12 bits per heavy atom. The van der Waals surface area contributed by atoms with E-state index in [9.17, 15) is 5.26 Å². The molecule has 0 saturated carbocycles. The number of nitriles is 3. The molecule has 0 aliphatic carbocycles. The van der Waals surface area contributed by atoms with Crippen LogP contribution in [0.25, 0.3) is 0 Å². The van der Waals surface area contributed by atoms with Crippen LogP contribution in [0.15, 0.2) is 22.4 Å². The van der Waals surface area contributed by atoms with E-state index in [2.05, 4.69) is 24.8 Å². The summed E-state index contributed by atoms with van der Waals surface area (Å²) in [6, 6.07) is 6.50. The Hall–Kier alpha value is -2.25. The van der Waals surface area contributed by atoms with Gasteiger partial charge in [-0.2, -0.15) is 15.8 Å². The molecule has 4 nitrogen and oxygen atoms in total. The van der Waals surface area contributed by atoms with Crippen molar-refractivity contribution < 1.29 is 0 Å². The maximum atomic E-state index is 9.61. The highest BCUT2D eigenvalue weighted by Gasteiger charge is 2.28. The molecule has 1 rings (SSSR count). The smallest absolute Gasteiger partial charge is 0.133 e. The molecule has 0 radical (unpaired) electrons. The van der Waals surface area contributed by atoms with Crippen molar-refractivity contribution in [3.8, 4) is 18.2 Å². The van der Waals surface area contributed by atoms with E-state index < -0.39 is 0 Å². The molecule has 2 unspecified atom stereocenters. The van der Waals surface area contributed by atoms with Crippen molar-refractivity contribution in [2.24, 2.45) is 5.92 Å². The van der Waals surface area contributed by atoms with Crippen LogP contribution in [-0.2, 0) is 0 Å². The van der Waals surface area contributed by atoms with Crippen LogP contribution in [0.2, 0.25) is 0 Å². The number of likely N-dealkylation sites (tertiary alicyclic amines) is 1. The van der Waals surface area contributed by atoms with Gasteiger partial charge in [-0.1, -0.05) is 39.5 Å². The van der Waals surface area contributed by atoms with Crippen LogP contribution in [0.5, 0.6) is 0 Å². The molecule has 4 heteroatoms. The van der Waals surface area contributed by atoms with Gasteiger partial charge in [0.1, 0.15) is 23.8 Å². The first kappa shape index (κ1) is 20.8. The van der Waals surface area contributed by atoms with E-state index in [0.717, 1.165) is 31.0 Å². The number of unbranched alkanes of at least 4 members (excludes halogenated alkanes) is 1. The Bertz CT molecular complexity index is 620. The molecule has 0 aromatic rings. The van der Waals surface area contributed by atoms with Crippen molar-refractivity contribution in [3.05, 3.63) is 22.4 Å². The van der Waals surface area contributed by atoms with E-state index in [1.807, 2.05) is 19.1 Å². The average molecular weight is 338 g/mol. The molecule has 0 spiro atoms. The van der Waals surface area contributed by atoms with E-state index in [0.29, 0.717) is 17.2 Å². The number of hydrogen-bond donors (Lipinski definition) is 0. The summed E-state index contributed by atoms with van der Waals surface area (Å²) < 4.78 is 0. The van der Waals surface area contributed by atoms with E-state index in [1.54, 1.807) is 6.92 Å². The summed E-state index contributed by atoms with van der Waals surface area (Å²) in [4.78, 5) is 2.34. The van der Waals surface area contributed by atoms with Crippen LogP contribution < -0.4 is 0 Å². The fourth-order valence-electron chi connectivity index (χ4n) is 3.79. The summed E-state index contributed by atoms with van der Waals surface area (Å²) in [5.74, 6) is 0.731. The first-order valence-electron chi connectivity index (χ1n) is 9.42. The van der Waals surface area contributed by atoms with Crippen molar-refractivity contribution in [3.63, 3.8) is 0 Å². The van der Waals surface area contributed by atoms with Gasteiger partial charge >= 0.3 is 0 Å². The van der Waals surface area contributed by atoms with Gasteiger partial charge < -0.3 is 4.90 Å². The average Bonchev–Trinajstić information content (AvgIpc) is 3.08. The van der Waals surface area contributed by atoms with Crippen molar-refractivity contribution >= 4 is 0 Å². The lowest BCUT2D eigenvalue weighted by atomic mass is 9.91. The Balaban J connectivity index is 3.07. The zero-order valence-electron chi connectivity index (χ0n) is 16.1. The van der Waals surface area contributed by atoms with E-state index >= 15 is 0 Å². The van der Waals surface area contributed by atoms with Crippen molar-refractivity contribution in [2.45, 2.75) is 78.7 Å². The molecule has 0 N–H and O–H groups in total. The molecular weight excluding hydrogens is 308 g/mol. The minimum Gasteiger partial charge on any atom is -0.371 e. The fraction of sp³-hybridized carbons (Fsp3) is 0.667. The minimum atomic E-state index is 0.0287. The largest absolute Gasteiger partial charge is 0.371 e. The van der Waals surface area contributed by atoms with Gasteiger partial charge in [-0.15, -0.1) is 0 Å². The molecule has 25 heavy (non-hydrogen) atoms. The van der Waals surface area contributed by atoms with Gasteiger partial charge in [0.05, 0.1) is 5.57 Å². The normalized spacial score (nSPS) is 18.6. The molecule has 0 aromatic carbocycles.